The average Bonchev–Trinajstić information content (AvgIpc) is 3.53. The molecule has 250 valence electrons. The Labute approximate surface area is 282 Å². The van der Waals surface area contributed by atoms with Crippen LogP contribution in [-0.2, 0) is 28.4 Å². The molecule has 0 aliphatic carbocycles. The van der Waals surface area contributed by atoms with E-state index in [2.05, 4.69) is 62.4 Å². The van der Waals surface area contributed by atoms with Gasteiger partial charge in [0.15, 0.2) is 5.76 Å². The van der Waals surface area contributed by atoms with E-state index < -0.39 is 21.8 Å². The lowest BCUT2D eigenvalue weighted by molar-refractivity contribution is 0.0956. The first-order valence-electron chi connectivity index (χ1n) is 16.1. The second kappa shape index (κ2) is 14.7. The predicted octanol–water partition coefficient (Wildman–Crippen LogP) is 8.39. The second-order valence-electron chi connectivity index (χ2n) is 13.1. The minimum Gasteiger partial charge on any atom is -0.356 e. The summed E-state index contributed by atoms with van der Waals surface area (Å²) in [4.78, 5) is 12.5. The summed E-state index contributed by atoms with van der Waals surface area (Å²) in [5, 5.41) is 7.01. The van der Waals surface area contributed by atoms with E-state index >= 15 is 4.39 Å². The first kappa shape index (κ1) is 34.7. The molecule has 0 saturated heterocycles. The molecular formula is C39H41FN2O5S. The van der Waals surface area contributed by atoms with Gasteiger partial charge in [0, 0.05) is 35.2 Å². The van der Waals surface area contributed by atoms with Crippen LogP contribution in [0.15, 0.2) is 102 Å². The van der Waals surface area contributed by atoms with Crippen molar-refractivity contribution in [3.8, 4) is 22.5 Å². The smallest absolute Gasteiger partial charge is 0.266 e. The Balaban J connectivity index is 1.42. The van der Waals surface area contributed by atoms with Gasteiger partial charge in [-0.25, -0.2) is 4.39 Å². The molecule has 1 heterocycles. The molecule has 7 nitrogen and oxygen atoms in total. The van der Waals surface area contributed by atoms with Crippen LogP contribution < -0.4 is 5.32 Å². The van der Waals surface area contributed by atoms with Crippen LogP contribution in [0.3, 0.4) is 0 Å². The number of rotatable bonds is 12. The zero-order chi connectivity index (χ0) is 34.5. The fraction of sp³-hybridized carbons (Fsp3) is 0.282. The first-order chi connectivity index (χ1) is 22.8. The van der Waals surface area contributed by atoms with Gasteiger partial charge in [-0.3, -0.25) is 9.35 Å². The lowest BCUT2D eigenvalue weighted by Gasteiger charge is -2.21. The van der Waals surface area contributed by atoms with Crippen LogP contribution >= 0.6 is 0 Å². The Morgan fingerprint density at radius 1 is 0.917 bits per heavy atom. The van der Waals surface area contributed by atoms with Gasteiger partial charge in [0.1, 0.15) is 5.82 Å². The number of nitrogens with one attached hydrogen (secondary N) is 1. The SMILES string of the molecule is CCCc1ccc(-c2cccc(-c3cc(C(Cc4ccc(C(=O)NCCS(=O)(=O)O)cc4)c4ccc(C(C)(C)C)cc4)no3)c2)c(F)c1. The van der Waals surface area contributed by atoms with E-state index in [0.717, 1.165) is 46.4 Å². The van der Waals surface area contributed by atoms with Gasteiger partial charge in [0.25, 0.3) is 16.0 Å². The Bertz CT molecular complexity index is 1980. The number of amides is 1. The molecule has 48 heavy (non-hydrogen) atoms. The molecule has 0 aliphatic rings. The van der Waals surface area contributed by atoms with Gasteiger partial charge in [-0.2, -0.15) is 8.42 Å². The number of hydrogen-bond donors (Lipinski definition) is 2. The molecule has 5 rings (SSSR count). The van der Waals surface area contributed by atoms with Crippen LogP contribution in [0.25, 0.3) is 22.5 Å². The summed E-state index contributed by atoms with van der Waals surface area (Å²) >= 11 is 0. The standard InChI is InChI=1S/C39H41FN2O5S/c1-5-7-26-12-19-33(35(40)23-26)30-8-6-9-31(24-30)37-25-36(42-47-37)34(28-15-17-32(18-16-28)39(2,3)4)22-27-10-13-29(14-11-27)38(43)41-20-21-48(44,45)46/h6,8-19,23-25,34H,5,7,20-22H2,1-4H3,(H,41,43)(H,44,45,46). The molecule has 1 atom stereocenters. The van der Waals surface area contributed by atoms with Crippen LogP contribution in [0.5, 0.6) is 0 Å². The van der Waals surface area contributed by atoms with Crippen molar-refractivity contribution in [1.82, 2.24) is 10.5 Å². The third kappa shape index (κ3) is 8.85. The molecule has 9 heteroatoms. The summed E-state index contributed by atoms with van der Waals surface area (Å²) in [7, 11) is -4.17. The molecule has 0 spiro atoms. The summed E-state index contributed by atoms with van der Waals surface area (Å²) < 4.78 is 51.8. The Kier molecular flexibility index (Phi) is 10.6. The predicted molar refractivity (Wildman–Crippen MR) is 187 cm³/mol. The van der Waals surface area contributed by atoms with Gasteiger partial charge in [-0.1, -0.05) is 106 Å². The van der Waals surface area contributed by atoms with Gasteiger partial charge < -0.3 is 9.84 Å². The lowest BCUT2D eigenvalue weighted by Crippen LogP contribution is -2.28. The highest BCUT2D eigenvalue weighted by Gasteiger charge is 2.22. The van der Waals surface area contributed by atoms with E-state index in [-0.39, 0.29) is 23.7 Å². The zero-order valence-electron chi connectivity index (χ0n) is 27.7. The molecular weight excluding hydrogens is 628 g/mol. The number of halogens is 1. The van der Waals surface area contributed by atoms with Crippen molar-refractivity contribution >= 4 is 16.0 Å². The van der Waals surface area contributed by atoms with Gasteiger partial charge in [0.2, 0.25) is 0 Å². The van der Waals surface area contributed by atoms with E-state index in [1.54, 1.807) is 18.2 Å². The first-order valence-corrected chi connectivity index (χ1v) is 17.7. The van der Waals surface area contributed by atoms with Crippen molar-refractivity contribution in [3.05, 3.63) is 136 Å². The Hall–Kier alpha value is -4.60. The van der Waals surface area contributed by atoms with Gasteiger partial charge in [-0.05, 0) is 70.3 Å². The van der Waals surface area contributed by atoms with Gasteiger partial charge >= 0.3 is 0 Å². The summed E-state index contributed by atoms with van der Waals surface area (Å²) in [5.74, 6) is -0.836. The molecule has 1 unspecified atom stereocenters. The number of aryl methyl sites for hydroxylation is 1. The van der Waals surface area contributed by atoms with E-state index in [1.807, 2.05) is 54.6 Å². The molecule has 4 aromatic carbocycles. The maximum atomic E-state index is 15.1. The monoisotopic (exact) mass is 668 g/mol. The lowest BCUT2D eigenvalue weighted by atomic mass is 9.83. The molecule has 0 aliphatic heterocycles. The molecule has 0 bridgehead atoms. The fourth-order valence-electron chi connectivity index (χ4n) is 5.70. The molecule has 2 N–H and O–H groups in total. The normalized spacial score (nSPS) is 12.5. The highest BCUT2D eigenvalue weighted by Crippen LogP contribution is 2.34. The van der Waals surface area contributed by atoms with Crippen molar-refractivity contribution in [2.24, 2.45) is 0 Å². The zero-order valence-corrected chi connectivity index (χ0v) is 28.5. The van der Waals surface area contributed by atoms with Gasteiger partial charge in [0.05, 0.1) is 11.4 Å². The molecule has 0 fully saturated rings. The van der Waals surface area contributed by atoms with E-state index in [1.165, 1.54) is 5.56 Å². The quantitative estimate of drug-likeness (QED) is 0.129. The summed E-state index contributed by atoms with van der Waals surface area (Å²) in [6, 6.07) is 30.5. The molecule has 0 radical (unpaired) electrons. The minimum absolute atomic E-state index is 0.00628. The van der Waals surface area contributed by atoms with Crippen LogP contribution in [0.2, 0.25) is 0 Å². The number of nitrogens with zero attached hydrogens (tertiary/aromatic N) is 1. The van der Waals surface area contributed by atoms with E-state index in [0.29, 0.717) is 23.3 Å². The number of aromatic nitrogens is 1. The maximum absolute atomic E-state index is 15.1. The van der Waals surface area contributed by atoms with Crippen molar-refractivity contribution in [2.45, 2.75) is 58.3 Å². The molecule has 0 saturated carbocycles. The minimum atomic E-state index is -4.17. The highest BCUT2D eigenvalue weighted by molar-refractivity contribution is 7.85. The number of hydrogen-bond acceptors (Lipinski definition) is 5. The molecule has 5 aromatic rings. The van der Waals surface area contributed by atoms with E-state index in [4.69, 9.17) is 9.08 Å². The van der Waals surface area contributed by atoms with Crippen LogP contribution in [0.1, 0.15) is 78.3 Å². The Morgan fingerprint density at radius 2 is 1.60 bits per heavy atom. The Morgan fingerprint density at radius 3 is 2.25 bits per heavy atom. The number of carbonyl (C=O) groups excluding carboxylic acids is 1. The average molecular weight is 669 g/mol. The summed E-state index contributed by atoms with van der Waals surface area (Å²) in [5.41, 5.74) is 7.38. The summed E-state index contributed by atoms with van der Waals surface area (Å²) in [6.45, 7) is 8.39. The van der Waals surface area contributed by atoms with Gasteiger partial charge in [-0.15, -0.1) is 0 Å². The summed E-state index contributed by atoms with van der Waals surface area (Å²) in [6.07, 6.45) is 2.35. The molecule has 1 amide bonds. The number of benzene rings is 4. The topological polar surface area (TPSA) is 110 Å². The van der Waals surface area contributed by atoms with E-state index in [9.17, 15) is 13.2 Å². The van der Waals surface area contributed by atoms with Crippen LogP contribution in [0, 0.1) is 5.82 Å². The van der Waals surface area contributed by atoms with Crippen molar-refractivity contribution in [1.29, 1.82) is 0 Å². The third-order valence-electron chi connectivity index (χ3n) is 8.40. The second-order valence-corrected chi connectivity index (χ2v) is 14.7. The molecule has 1 aromatic heterocycles. The largest absolute Gasteiger partial charge is 0.356 e. The maximum Gasteiger partial charge on any atom is 0.266 e. The fourth-order valence-corrected chi connectivity index (χ4v) is 6.06. The third-order valence-corrected chi connectivity index (χ3v) is 9.12. The van der Waals surface area contributed by atoms with Crippen molar-refractivity contribution in [3.63, 3.8) is 0 Å². The van der Waals surface area contributed by atoms with Crippen molar-refractivity contribution < 1.29 is 26.7 Å². The van der Waals surface area contributed by atoms with Crippen molar-refractivity contribution in [2.75, 3.05) is 12.3 Å². The van der Waals surface area contributed by atoms with Crippen LogP contribution in [-0.4, -0.2) is 36.3 Å². The highest BCUT2D eigenvalue weighted by atomic mass is 32.2. The number of carbonyl (C=O) groups is 1. The van der Waals surface area contributed by atoms with Crippen LogP contribution in [0.4, 0.5) is 4.39 Å².